The van der Waals surface area contributed by atoms with Gasteiger partial charge < -0.3 is 28.9 Å². The van der Waals surface area contributed by atoms with Crippen LogP contribution in [0, 0.1) is 17.7 Å². The molecule has 0 aliphatic carbocycles. The highest BCUT2D eigenvalue weighted by Gasteiger charge is 2.27. The van der Waals surface area contributed by atoms with Crippen molar-refractivity contribution in [3.8, 4) is 22.3 Å². The molecule has 0 radical (unpaired) electrons. The Morgan fingerprint density at radius 1 is 0.678 bits per heavy atom. The summed E-state index contributed by atoms with van der Waals surface area (Å²) < 4.78 is 31.3. The van der Waals surface area contributed by atoms with Crippen molar-refractivity contribution in [2.75, 3.05) is 88.6 Å². The molecule has 310 valence electrons. The number of anilines is 2. The molecule has 59 heavy (non-hydrogen) atoms. The van der Waals surface area contributed by atoms with E-state index in [4.69, 9.17) is 19.2 Å². The van der Waals surface area contributed by atoms with Gasteiger partial charge in [0.2, 0.25) is 0 Å². The zero-order valence-electron chi connectivity index (χ0n) is 33.7. The smallest absolute Gasteiger partial charge is 0.141 e. The fraction of sp³-hybridized carbons (Fsp3) is 0.478. The lowest BCUT2D eigenvalue weighted by Crippen LogP contribution is -2.36. The van der Waals surface area contributed by atoms with E-state index in [1.54, 1.807) is 47.5 Å². The van der Waals surface area contributed by atoms with Crippen LogP contribution in [-0.4, -0.2) is 110 Å². The van der Waals surface area contributed by atoms with Gasteiger partial charge in [0.25, 0.3) is 0 Å². The number of piperidine rings is 2. The Balaban J connectivity index is 0.000000153. The van der Waals surface area contributed by atoms with Crippen molar-refractivity contribution in [3.05, 3.63) is 83.8 Å². The minimum Gasteiger partial charge on any atom is -0.380 e. The highest BCUT2D eigenvalue weighted by atomic mass is 32.1. The molecule has 0 bridgehead atoms. The molecule has 10 nitrogen and oxygen atoms in total. The lowest BCUT2D eigenvalue weighted by Gasteiger charge is -2.33. The Labute approximate surface area is 354 Å². The van der Waals surface area contributed by atoms with Crippen LogP contribution in [-0.2, 0) is 14.2 Å². The zero-order chi connectivity index (χ0) is 39.8. The second-order valence-electron chi connectivity index (χ2n) is 16.2. The van der Waals surface area contributed by atoms with E-state index in [0.717, 1.165) is 136 Å². The van der Waals surface area contributed by atoms with Crippen LogP contribution in [0.2, 0.25) is 0 Å². The molecule has 1 atom stereocenters. The van der Waals surface area contributed by atoms with E-state index in [-0.39, 0.29) is 5.82 Å². The number of hydrogen-bond acceptors (Lipinski definition) is 12. The monoisotopic (exact) mass is 835 g/mol. The average molecular weight is 836 g/mol. The molecule has 13 heteroatoms. The van der Waals surface area contributed by atoms with E-state index >= 15 is 0 Å². The number of thiophene rings is 2. The van der Waals surface area contributed by atoms with Gasteiger partial charge >= 0.3 is 0 Å². The first kappa shape index (κ1) is 40.3. The third-order valence-electron chi connectivity index (χ3n) is 12.3. The van der Waals surface area contributed by atoms with Crippen molar-refractivity contribution in [2.24, 2.45) is 11.8 Å². The summed E-state index contributed by atoms with van der Waals surface area (Å²) in [5.41, 5.74) is 4.36. The van der Waals surface area contributed by atoms with Gasteiger partial charge in [-0.3, -0.25) is 0 Å². The summed E-state index contributed by atoms with van der Waals surface area (Å²) in [6, 6.07) is 17.3. The lowest BCUT2D eigenvalue weighted by molar-refractivity contribution is 0.0174. The van der Waals surface area contributed by atoms with Crippen LogP contribution in [0.1, 0.15) is 44.9 Å². The summed E-state index contributed by atoms with van der Waals surface area (Å²) in [6.07, 6.45) is 11.9. The predicted molar refractivity (Wildman–Crippen MR) is 237 cm³/mol. The lowest BCUT2D eigenvalue weighted by atomic mass is 9.97. The number of hydrogen-bond donors (Lipinski definition) is 0. The molecule has 4 aliphatic rings. The summed E-state index contributed by atoms with van der Waals surface area (Å²) in [7, 11) is 0. The number of aromatic nitrogens is 4. The maximum Gasteiger partial charge on any atom is 0.141 e. The summed E-state index contributed by atoms with van der Waals surface area (Å²) >= 11 is 3.29. The number of likely N-dealkylation sites (tertiary alicyclic amines) is 1. The van der Waals surface area contributed by atoms with Crippen molar-refractivity contribution < 1.29 is 18.6 Å². The molecule has 4 fully saturated rings. The molecule has 1 unspecified atom stereocenters. The van der Waals surface area contributed by atoms with Crippen molar-refractivity contribution in [3.63, 3.8) is 0 Å². The third-order valence-corrected chi connectivity index (χ3v) is 14.1. The average Bonchev–Trinajstić information content (AvgIpc) is 4.14. The van der Waals surface area contributed by atoms with Crippen LogP contribution < -0.4 is 9.80 Å². The molecule has 8 heterocycles. The molecule has 0 saturated carbocycles. The van der Waals surface area contributed by atoms with E-state index in [2.05, 4.69) is 70.7 Å². The minimum absolute atomic E-state index is 0.221. The van der Waals surface area contributed by atoms with Crippen molar-refractivity contribution in [2.45, 2.75) is 51.0 Å². The van der Waals surface area contributed by atoms with Crippen molar-refractivity contribution in [1.29, 1.82) is 0 Å². The van der Waals surface area contributed by atoms with Gasteiger partial charge in [-0.05, 0) is 93.1 Å². The molecule has 4 saturated heterocycles. The molecule has 0 N–H and O–H groups in total. The maximum absolute atomic E-state index is 13.8. The molecule has 6 aromatic rings. The van der Waals surface area contributed by atoms with Crippen LogP contribution in [0.5, 0.6) is 0 Å². The Bertz CT molecular complexity index is 2250. The predicted octanol–water partition coefficient (Wildman–Crippen LogP) is 9.21. The van der Waals surface area contributed by atoms with Gasteiger partial charge in [-0.25, -0.2) is 24.3 Å². The van der Waals surface area contributed by atoms with E-state index < -0.39 is 0 Å². The molecule has 2 aromatic carbocycles. The van der Waals surface area contributed by atoms with Crippen LogP contribution >= 0.6 is 22.7 Å². The largest absolute Gasteiger partial charge is 0.380 e. The van der Waals surface area contributed by atoms with E-state index in [0.29, 0.717) is 17.9 Å². The summed E-state index contributed by atoms with van der Waals surface area (Å²) in [4.78, 5) is 27.6. The van der Waals surface area contributed by atoms with Gasteiger partial charge in [0.05, 0.1) is 36.7 Å². The normalized spacial score (nSPS) is 19.5. The number of halogens is 1. The number of rotatable bonds is 12. The maximum atomic E-state index is 13.8. The second kappa shape index (κ2) is 19.5. The van der Waals surface area contributed by atoms with E-state index in [1.807, 2.05) is 6.07 Å². The molecule has 4 aromatic heterocycles. The standard InChI is InChI=1S/C24H29FN4OS.C22H25N3O2S/c25-20-5-3-4-19(14-20)21-16-31-24-22(21)23(26-17-27-24)29-10-6-18(7-11-29)15-30-13-12-28-8-1-2-9-28;1-2-4-17(5-3-1)19-14-28-22-20(19)21(23-15-24-22)25-9-6-16(7-10-25)12-27-18-8-11-26-13-18/h3-5,14,16-18H,1-2,6-13,15H2;1-5,14-16,18H,6-13H2. The molecule has 10 rings (SSSR count). The van der Waals surface area contributed by atoms with E-state index in [9.17, 15) is 4.39 Å². The minimum atomic E-state index is -0.221. The summed E-state index contributed by atoms with van der Waals surface area (Å²) in [5, 5.41) is 6.51. The number of ether oxygens (including phenoxy) is 3. The van der Waals surface area contributed by atoms with Crippen molar-refractivity contribution in [1.82, 2.24) is 24.8 Å². The first-order valence-electron chi connectivity index (χ1n) is 21.4. The van der Waals surface area contributed by atoms with Crippen LogP contribution in [0.15, 0.2) is 78.0 Å². The summed E-state index contributed by atoms with van der Waals surface area (Å²) in [5.74, 6) is 3.07. The SMILES string of the molecule is Fc1cccc(-c2csc3ncnc(N4CCC(COCCN5CCCC5)CC4)c23)c1.c1ccc(-c2csc3ncnc(N4CCC(COC5CCOC5)CC4)c23)cc1. The van der Waals surface area contributed by atoms with Crippen LogP contribution in [0.4, 0.5) is 16.0 Å². The fourth-order valence-corrected chi connectivity index (χ4v) is 10.7. The zero-order valence-corrected chi connectivity index (χ0v) is 35.4. The van der Waals surface area contributed by atoms with Gasteiger partial charge in [-0.1, -0.05) is 42.5 Å². The van der Waals surface area contributed by atoms with Gasteiger partial charge in [0, 0.05) is 67.8 Å². The Kier molecular flexibility index (Phi) is 13.3. The topological polar surface area (TPSA) is 89.0 Å². The Hall–Kier alpha value is -4.11. The van der Waals surface area contributed by atoms with E-state index in [1.165, 1.54) is 48.5 Å². The molecular weight excluding hydrogens is 782 g/mol. The highest BCUT2D eigenvalue weighted by Crippen LogP contribution is 2.40. The number of benzene rings is 2. The van der Waals surface area contributed by atoms with Gasteiger partial charge in [-0.15, -0.1) is 22.7 Å². The number of nitrogens with zero attached hydrogens (tertiary/aromatic N) is 7. The first-order chi connectivity index (χ1) is 29.2. The van der Waals surface area contributed by atoms with Crippen LogP contribution in [0.3, 0.4) is 0 Å². The molecule has 0 spiro atoms. The first-order valence-corrected chi connectivity index (χ1v) is 23.2. The van der Waals surface area contributed by atoms with Gasteiger partial charge in [0.15, 0.2) is 0 Å². The van der Waals surface area contributed by atoms with Crippen molar-refractivity contribution >= 4 is 54.7 Å². The molecule has 4 aliphatic heterocycles. The molecular formula is C46H54FN7O3S2. The quantitative estimate of drug-likeness (QED) is 0.111. The number of fused-ring (bicyclic) bond motifs is 2. The fourth-order valence-electron chi connectivity index (χ4n) is 8.89. The molecule has 0 amide bonds. The second-order valence-corrected chi connectivity index (χ2v) is 17.9. The highest BCUT2D eigenvalue weighted by molar-refractivity contribution is 7.17. The van der Waals surface area contributed by atoms with Crippen LogP contribution in [0.25, 0.3) is 42.7 Å². The Morgan fingerprint density at radius 2 is 1.29 bits per heavy atom. The Morgan fingerprint density at radius 3 is 1.90 bits per heavy atom. The summed E-state index contributed by atoms with van der Waals surface area (Å²) in [6.45, 7) is 11.7. The van der Waals surface area contributed by atoms with Gasteiger partial charge in [0.1, 0.15) is 39.8 Å². The van der Waals surface area contributed by atoms with Gasteiger partial charge in [-0.2, -0.15) is 0 Å². The third kappa shape index (κ3) is 9.77.